The highest BCUT2D eigenvalue weighted by atomic mass is 32.2. The van der Waals surface area contributed by atoms with E-state index in [-0.39, 0.29) is 62.4 Å². The van der Waals surface area contributed by atoms with Crippen LogP contribution in [0.5, 0.6) is 11.5 Å². The Kier molecular flexibility index (Phi) is 11.5. The Morgan fingerprint density at radius 2 is 1.84 bits per heavy atom. The van der Waals surface area contributed by atoms with Crippen molar-refractivity contribution in [2.75, 3.05) is 40.5 Å². The summed E-state index contributed by atoms with van der Waals surface area (Å²) in [6, 6.07) is 2.45. The number of nitrogens with zero attached hydrogens (tertiary/aromatic N) is 2. The molecule has 0 bridgehead atoms. The predicted molar refractivity (Wildman–Crippen MR) is 196 cm³/mol. The second-order valence-corrected chi connectivity index (χ2v) is 18.5. The minimum atomic E-state index is -4.88. The summed E-state index contributed by atoms with van der Waals surface area (Å²) in [7, 11) is -1.37. The van der Waals surface area contributed by atoms with E-state index in [1.165, 1.54) is 40.2 Å². The van der Waals surface area contributed by atoms with Crippen LogP contribution in [0.4, 0.5) is 13.2 Å². The number of rotatable bonds is 15. The van der Waals surface area contributed by atoms with Crippen LogP contribution in [0.3, 0.4) is 0 Å². The van der Waals surface area contributed by atoms with Crippen molar-refractivity contribution < 1.29 is 54.9 Å². The summed E-state index contributed by atoms with van der Waals surface area (Å²) in [5.74, 6) is -1.65. The number of ether oxygens (including phenoxy) is 4. The fourth-order valence-corrected chi connectivity index (χ4v) is 8.57. The fourth-order valence-electron chi connectivity index (χ4n) is 6.95. The van der Waals surface area contributed by atoms with Crippen LogP contribution in [0.25, 0.3) is 10.9 Å². The Labute approximate surface area is 318 Å². The van der Waals surface area contributed by atoms with Crippen molar-refractivity contribution in [3.63, 3.8) is 0 Å². The Morgan fingerprint density at radius 1 is 1.15 bits per heavy atom. The normalized spacial score (nSPS) is 21.6. The molecule has 3 heterocycles. The van der Waals surface area contributed by atoms with Gasteiger partial charge in [-0.3, -0.25) is 19.2 Å². The van der Waals surface area contributed by atoms with Crippen molar-refractivity contribution in [1.82, 2.24) is 25.2 Å². The molecule has 3 aliphatic rings. The van der Waals surface area contributed by atoms with E-state index >= 15 is 0 Å². The van der Waals surface area contributed by atoms with Gasteiger partial charge in [-0.2, -0.15) is 13.2 Å². The van der Waals surface area contributed by atoms with Crippen molar-refractivity contribution >= 4 is 39.0 Å². The third kappa shape index (κ3) is 9.12. The first-order valence-corrected chi connectivity index (χ1v) is 19.4. The van der Waals surface area contributed by atoms with Crippen LogP contribution in [-0.2, 0) is 46.5 Å². The number of hydrogen-bond donors (Lipinski definition) is 3. The smallest absolute Gasteiger partial charge is 0.437 e. The number of likely N-dealkylation sites (tertiary alicyclic amines) is 1. The molecule has 14 nitrogen and oxygen atoms in total. The molecule has 0 unspecified atom stereocenters. The number of carbonyl (C=O) groups is 3. The quantitative estimate of drug-likeness (QED) is 0.177. The summed E-state index contributed by atoms with van der Waals surface area (Å²) in [5.41, 5.74) is -4.14. The van der Waals surface area contributed by atoms with Crippen LogP contribution < -0.4 is 24.8 Å². The lowest BCUT2D eigenvalue weighted by atomic mass is 9.87. The summed E-state index contributed by atoms with van der Waals surface area (Å²) < 4.78 is 93.2. The molecule has 18 heteroatoms. The van der Waals surface area contributed by atoms with E-state index in [1.807, 2.05) is 20.8 Å². The molecule has 3 atom stereocenters. The number of fused-ring (bicyclic) bond motifs is 3. The van der Waals surface area contributed by atoms with E-state index in [9.17, 15) is 36.0 Å². The fraction of sp³-hybridized carbons (Fsp3) is 0.622. The van der Waals surface area contributed by atoms with Gasteiger partial charge in [-0.1, -0.05) is 20.8 Å². The summed E-state index contributed by atoms with van der Waals surface area (Å²) in [6.45, 7) is 12.3. The maximum atomic E-state index is 14.6. The molecule has 1 aromatic heterocycles. The molecule has 0 radical (unpaired) electrons. The van der Waals surface area contributed by atoms with E-state index in [0.29, 0.717) is 35.8 Å². The third-order valence-corrected chi connectivity index (χ3v) is 12.2. The lowest BCUT2D eigenvalue weighted by Crippen LogP contribution is -2.60. The SMILES string of the molecule is C=C(N[C@@H](C=O)CN1C[C@@]2(CCc3c(c(C(F)(F)F)nc4ccc(OC)cc34)O2)C[C@H]1C(=O)NC(C)(C)C(=O)NS(=O)(=O)C1(COC)CC1)OCC(C)(C)C. The van der Waals surface area contributed by atoms with Gasteiger partial charge >= 0.3 is 6.18 Å². The average Bonchev–Trinajstić information content (AvgIpc) is 3.81. The molecule has 2 aromatic rings. The number of methoxy groups -OCH3 is 2. The van der Waals surface area contributed by atoms with Gasteiger partial charge in [-0.15, -0.1) is 0 Å². The highest BCUT2D eigenvalue weighted by molar-refractivity contribution is 7.91. The number of pyridine rings is 1. The standard InChI is InChI=1S/C37H50F3N5O9S/c1-22(53-20-33(2,3)4)41-23(18-46)17-45-19-35(12-11-25-26-15-24(52-8)9-10-27(26)42-30(29(25)54-35)37(38,39)40)16-28(45)31(47)43-34(5,6)32(48)44-55(49,50)36(13-14-36)21-51-7/h9-10,15,18,23,28,41H,1,11-14,16-17,19-21H2,2-8H3,(H,43,47)(H,44,48)/t23-,28+,35-/m1/s1. The van der Waals surface area contributed by atoms with Gasteiger partial charge in [0.15, 0.2) is 17.3 Å². The zero-order valence-electron chi connectivity index (χ0n) is 32.1. The Hall–Kier alpha value is -4.16. The number of aldehydes is 1. The van der Waals surface area contributed by atoms with Crippen LogP contribution in [0.15, 0.2) is 30.7 Å². The minimum Gasteiger partial charge on any atom is -0.497 e. The van der Waals surface area contributed by atoms with Gasteiger partial charge < -0.3 is 34.4 Å². The molecule has 3 N–H and O–H groups in total. The number of aromatic nitrogens is 1. The molecule has 1 saturated heterocycles. The first-order chi connectivity index (χ1) is 25.5. The molecule has 1 aliphatic carbocycles. The average molecular weight is 798 g/mol. The Morgan fingerprint density at radius 3 is 2.42 bits per heavy atom. The molecule has 1 saturated carbocycles. The first kappa shape index (κ1) is 42.0. The van der Waals surface area contributed by atoms with E-state index in [2.05, 4.69) is 26.9 Å². The van der Waals surface area contributed by atoms with Crippen LogP contribution in [0.2, 0.25) is 0 Å². The van der Waals surface area contributed by atoms with Crippen LogP contribution >= 0.6 is 0 Å². The van der Waals surface area contributed by atoms with Gasteiger partial charge in [0.05, 0.1) is 37.9 Å². The van der Waals surface area contributed by atoms with E-state index < -0.39 is 67.4 Å². The van der Waals surface area contributed by atoms with Gasteiger partial charge in [-0.05, 0) is 69.7 Å². The summed E-state index contributed by atoms with van der Waals surface area (Å²) >= 11 is 0. The molecule has 55 heavy (non-hydrogen) atoms. The molecule has 2 amide bonds. The zero-order chi connectivity index (χ0) is 40.8. The number of sulfonamides is 1. The first-order valence-electron chi connectivity index (χ1n) is 17.9. The Bertz CT molecular complexity index is 1950. The van der Waals surface area contributed by atoms with Gasteiger partial charge in [0.1, 0.15) is 27.9 Å². The molecule has 1 spiro atoms. The molecule has 5 rings (SSSR count). The van der Waals surface area contributed by atoms with Gasteiger partial charge in [0.25, 0.3) is 5.91 Å². The minimum absolute atomic E-state index is 0.0835. The van der Waals surface area contributed by atoms with Crippen molar-refractivity contribution in [2.45, 2.75) is 101 Å². The lowest BCUT2D eigenvalue weighted by Gasteiger charge is -2.37. The second-order valence-electron chi connectivity index (χ2n) is 16.4. The van der Waals surface area contributed by atoms with E-state index in [0.717, 1.165) is 0 Å². The molecule has 2 fully saturated rings. The van der Waals surface area contributed by atoms with Crippen molar-refractivity contribution in [3.8, 4) is 11.5 Å². The third-order valence-electron chi connectivity index (χ3n) is 10.1. The number of aryl methyl sites for hydroxylation is 1. The molecule has 304 valence electrons. The van der Waals surface area contributed by atoms with Gasteiger partial charge in [-0.25, -0.2) is 13.4 Å². The summed E-state index contributed by atoms with van der Waals surface area (Å²) in [6.07, 6.45) is -3.49. The van der Waals surface area contributed by atoms with Crippen molar-refractivity contribution in [3.05, 3.63) is 41.9 Å². The number of alkyl halides is 3. The number of hydrogen-bond acceptors (Lipinski definition) is 12. The number of benzene rings is 1. The number of carbonyl (C=O) groups excluding carboxylic acids is 3. The van der Waals surface area contributed by atoms with Gasteiger partial charge in [0.2, 0.25) is 15.9 Å². The summed E-state index contributed by atoms with van der Waals surface area (Å²) in [5, 5.41) is 5.97. The number of nitrogens with one attached hydrogen (secondary N) is 3. The van der Waals surface area contributed by atoms with Crippen LogP contribution in [-0.4, -0.2) is 105 Å². The van der Waals surface area contributed by atoms with Crippen molar-refractivity contribution in [1.29, 1.82) is 0 Å². The monoisotopic (exact) mass is 797 g/mol. The highest BCUT2D eigenvalue weighted by Gasteiger charge is 2.57. The largest absolute Gasteiger partial charge is 0.497 e. The summed E-state index contributed by atoms with van der Waals surface area (Å²) in [4.78, 5) is 45.5. The molecular weight excluding hydrogens is 747 g/mol. The molecular formula is C37H50F3N5O9S. The Balaban J connectivity index is 1.45. The molecule has 1 aromatic carbocycles. The zero-order valence-corrected chi connectivity index (χ0v) is 33.0. The maximum absolute atomic E-state index is 14.6. The topological polar surface area (TPSA) is 174 Å². The van der Waals surface area contributed by atoms with Crippen LogP contribution in [0.1, 0.15) is 71.6 Å². The highest BCUT2D eigenvalue weighted by Crippen LogP contribution is 2.49. The number of amides is 2. The second kappa shape index (κ2) is 15.1. The van der Waals surface area contributed by atoms with Crippen molar-refractivity contribution in [2.24, 2.45) is 5.41 Å². The van der Waals surface area contributed by atoms with E-state index in [4.69, 9.17) is 18.9 Å². The maximum Gasteiger partial charge on any atom is 0.437 e. The molecule has 2 aliphatic heterocycles. The van der Waals surface area contributed by atoms with Gasteiger partial charge in [0, 0.05) is 37.6 Å². The number of halogens is 3. The predicted octanol–water partition coefficient (Wildman–Crippen LogP) is 3.61. The van der Waals surface area contributed by atoms with Crippen LogP contribution in [0, 0.1) is 5.41 Å². The van der Waals surface area contributed by atoms with E-state index in [1.54, 1.807) is 11.0 Å². The lowest BCUT2D eigenvalue weighted by molar-refractivity contribution is -0.144.